The molecule has 3 N–H and O–H groups in total. The van der Waals surface area contributed by atoms with Crippen molar-refractivity contribution < 1.29 is 4.79 Å². The summed E-state index contributed by atoms with van der Waals surface area (Å²) >= 11 is 0. The third-order valence-corrected chi connectivity index (χ3v) is 2.80. The first-order valence-corrected chi connectivity index (χ1v) is 5.87. The van der Waals surface area contributed by atoms with Gasteiger partial charge in [0.1, 0.15) is 0 Å². The summed E-state index contributed by atoms with van der Waals surface area (Å²) in [4.78, 5) is 13.5. The number of nitrogens with one attached hydrogen (secondary N) is 1. The van der Waals surface area contributed by atoms with Gasteiger partial charge in [-0.2, -0.15) is 0 Å². The van der Waals surface area contributed by atoms with Crippen LogP contribution in [0, 0.1) is 0 Å². The molecule has 1 aromatic rings. The van der Waals surface area contributed by atoms with Crippen molar-refractivity contribution in [1.82, 2.24) is 4.90 Å². The zero-order valence-electron chi connectivity index (χ0n) is 10.8. The van der Waals surface area contributed by atoms with Crippen LogP contribution in [0.2, 0.25) is 0 Å². The van der Waals surface area contributed by atoms with Gasteiger partial charge in [-0.1, -0.05) is 6.92 Å². The number of nitrogens with zero attached hydrogens (tertiary/aromatic N) is 1. The van der Waals surface area contributed by atoms with Crippen LogP contribution < -0.4 is 11.1 Å². The van der Waals surface area contributed by atoms with Crippen LogP contribution in [0.25, 0.3) is 0 Å². The summed E-state index contributed by atoms with van der Waals surface area (Å²) in [6.45, 7) is 6.50. The average Bonchev–Trinajstić information content (AvgIpc) is 2.30. The Morgan fingerprint density at radius 3 is 2.76 bits per heavy atom. The molecule has 0 bridgehead atoms. The second-order valence-electron chi connectivity index (χ2n) is 4.18. The van der Waals surface area contributed by atoms with E-state index in [0.717, 1.165) is 25.3 Å². The standard InChI is InChI=1S/C13H21N3O/c1-4-16(3)8-7-15-11-5-6-13(14)12(9-11)10(2)17/h5-6,9,15H,4,7-8,14H2,1-3H3. The minimum atomic E-state index is -0.00294. The van der Waals surface area contributed by atoms with Crippen molar-refractivity contribution in [2.75, 3.05) is 37.7 Å². The number of hydrogen-bond acceptors (Lipinski definition) is 4. The molecule has 4 heteroatoms. The molecular weight excluding hydrogens is 214 g/mol. The molecule has 1 rings (SSSR count). The highest BCUT2D eigenvalue weighted by molar-refractivity contribution is 5.99. The Kier molecular flexibility index (Phi) is 4.97. The number of nitrogen functional groups attached to an aromatic ring is 1. The molecule has 0 aliphatic rings. The summed E-state index contributed by atoms with van der Waals surface area (Å²) in [7, 11) is 2.08. The number of nitrogens with two attached hydrogens (primary N) is 1. The fraction of sp³-hybridized carbons (Fsp3) is 0.462. The van der Waals surface area contributed by atoms with Gasteiger partial charge in [-0.15, -0.1) is 0 Å². The number of anilines is 2. The van der Waals surface area contributed by atoms with Gasteiger partial charge in [0.2, 0.25) is 0 Å². The number of carbonyl (C=O) groups is 1. The fourth-order valence-corrected chi connectivity index (χ4v) is 1.52. The highest BCUT2D eigenvalue weighted by Crippen LogP contribution is 2.18. The van der Waals surface area contributed by atoms with Crippen LogP contribution >= 0.6 is 0 Å². The molecule has 94 valence electrons. The van der Waals surface area contributed by atoms with E-state index in [1.54, 1.807) is 6.07 Å². The molecule has 4 nitrogen and oxygen atoms in total. The van der Waals surface area contributed by atoms with Gasteiger partial charge in [-0.25, -0.2) is 0 Å². The Hall–Kier alpha value is -1.55. The SMILES string of the molecule is CCN(C)CCNc1ccc(N)c(C(C)=O)c1. The molecule has 17 heavy (non-hydrogen) atoms. The first-order valence-electron chi connectivity index (χ1n) is 5.87. The third-order valence-electron chi connectivity index (χ3n) is 2.80. The van der Waals surface area contributed by atoms with Crippen molar-refractivity contribution in [2.45, 2.75) is 13.8 Å². The molecule has 1 aromatic carbocycles. The molecule has 0 aromatic heterocycles. The predicted octanol–water partition coefficient (Wildman–Crippen LogP) is 1.83. The van der Waals surface area contributed by atoms with Crippen LogP contribution in [-0.2, 0) is 0 Å². The quantitative estimate of drug-likeness (QED) is 0.583. The normalized spacial score (nSPS) is 10.6. The molecule has 0 amide bonds. The first-order chi connectivity index (χ1) is 8.04. The summed E-state index contributed by atoms with van der Waals surface area (Å²) in [6, 6.07) is 5.47. The van der Waals surface area contributed by atoms with Crippen molar-refractivity contribution in [2.24, 2.45) is 0 Å². The van der Waals surface area contributed by atoms with Crippen molar-refractivity contribution in [3.8, 4) is 0 Å². The summed E-state index contributed by atoms with van der Waals surface area (Å²) in [5.74, 6) is -0.00294. The lowest BCUT2D eigenvalue weighted by molar-refractivity contribution is 0.101. The predicted molar refractivity (Wildman–Crippen MR) is 72.5 cm³/mol. The largest absolute Gasteiger partial charge is 0.398 e. The Bertz CT molecular complexity index is 390. The van der Waals surface area contributed by atoms with Crippen molar-refractivity contribution in [1.29, 1.82) is 0 Å². The van der Waals surface area contributed by atoms with Gasteiger partial charge in [-0.3, -0.25) is 4.79 Å². The fourth-order valence-electron chi connectivity index (χ4n) is 1.52. The summed E-state index contributed by atoms with van der Waals surface area (Å²) in [5.41, 5.74) is 7.79. The van der Waals surface area contributed by atoms with Crippen LogP contribution in [0.4, 0.5) is 11.4 Å². The van der Waals surface area contributed by atoms with Gasteiger partial charge in [-0.05, 0) is 38.7 Å². The molecular formula is C13H21N3O. The molecule has 0 saturated heterocycles. The number of Topliss-reactive ketones (excluding diaryl/α,β-unsaturated/α-hetero) is 1. The van der Waals surface area contributed by atoms with E-state index < -0.39 is 0 Å². The van der Waals surface area contributed by atoms with Crippen LogP contribution in [0.15, 0.2) is 18.2 Å². The second kappa shape index (κ2) is 6.25. The molecule has 0 fully saturated rings. The molecule has 0 heterocycles. The number of likely N-dealkylation sites (N-methyl/N-ethyl adjacent to an activating group) is 1. The molecule has 0 unspecified atom stereocenters. The van der Waals surface area contributed by atoms with Gasteiger partial charge in [0, 0.05) is 30.0 Å². The Morgan fingerprint density at radius 2 is 2.18 bits per heavy atom. The maximum atomic E-state index is 11.3. The number of benzene rings is 1. The molecule has 0 radical (unpaired) electrons. The minimum absolute atomic E-state index is 0.00294. The molecule has 0 spiro atoms. The zero-order chi connectivity index (χ0) is 12.8. The average molecular weight is 235 g/mol. The van der Waals surface area contributed by atoms with Gasteiger partial charge < -0.3 is 16.0 Å². The van der Waals surface area contributed by atoms with E-state index in [-0.39, 0.29) is 5.78 Å². The molecule has 0 saturated carbocycles. The van der Waals surface area contributed by atoms with E-state index in [1.165, 1.54) is 6.92 Å². The van der Waals surface area contributed by atoms with Crippen molar-refractivity contribution >= 4 is 17.2 Å². The van der Waals surface area contributed by atoms with Gasteiger partial charge >= 0.3 is 0 Å². The Labute approximate surface area is 103 Å². The Morgan fingerprint density at radius 1 is 1.47 bits per heavy atom. The number of ketones is 1. The number of carbonyl (C=O) groups excluding carboxylic acids is 1. The van der Waals surface area contributed by atoms with E-state index >= 15 is 0 Å². The molecule has 0 atom stereocenters. The highest BCUT2D eigenvalue weighted by atomic mass is 16.1. The van der Waals surface area contributed by atoms with Crippen LogP contribution in [-0.4, -0.2) is 37.4 Å². The molecule has 0 aliphatic heterocycles. The molecule has 0 aliphatic carbocycles. The zero-order valence-corrected chi connectivity index (χ0v) is 10.8. The topological polar surface area (TPSA) is 58.4 Å². The maximum Gasteiger partial charge on any atom is 0.161 e. The summed E-state index contributed by atoms with van der Waals surface area (Å²) < 4.78 is 0. The van der Waals surface area contributed by atoms with Crippen LogP contribution in [0.3, 0.4) is 0 Å². The smallest absolute Gasteiger partial charge is 0.161 e. The minimum Gasteiger partial charge on any atom is -0.398 e. The second-order valence-corrected chi connectivity index (χ2v) is 4.18. The number of hydrogen-bond donors (Lipinski definition) is 2. The third kappa shape index (κ3) is 4.07. The maximum absolute atomic E-state index is 11.3. The monoisotopic (exact) mass is 235 g/mol. The van der Waals surface area contributed by atoms with Crippen LogP contribution in [0.1, 0.15) is 24.2 Å². The van der Waals surface area contributed by atoms with Crippen molar-refractivity contribution in [3.63, 3.8) is 0 Å². The van der Waals surface area contributed by atoms with Crippen LogP contribution in [0.5, 0.6) is 0 Å². The summed E-state index contributed by atoms with van der Waals surface area (Å²) in [5, 5.41) is 3.28. The van der Waals surface area contributed by atoms with E-state index in [4.69, 9.17) is 5.73 Å². The van der Waals surface area contributed by atoms with Gasteiger partial charge in [0.15, 0.2) is 5.78 Å². The van der Waals surface area contributed by atoms with Crippen molar-refractivity contribution in [3.05, 3.63) is 23.8 Å². The highest BCUT2D eigenvalue weighted by Gasteiger charge is 2.05. The number of rotatable bonds is 6. The lowest BCUT2D eigenvalue weighted by atomic mass is 10.1. The van der Waals surface area contributed by atoms with Gasteiger partial charge in [0.25, 0.3) is 0 Å². The lowest BCUT2D eigenvalue weighted by Crippen LogP contribution is -2.24. The van der Waals surface area contributed by atoms with E-state index in [2.05, 4.69) is 24.2 Å². The summed E-state index contributed by atoms with van der Waals surface area (Å²) in [6.07, 6.45) is 0. The van der Waals surface area contributed by atoms with E-state index in [9.17, 15) is 4.79 Å². The van der Waals surface area contributed by atoms with Gasteiger partial charge in [0.05, 0.1) is 0 Å². The van der Waals surface area contributed by atoms with E-state index in [1.807, 2.05) is 12.1 Å². The Balaban J connectivity index is 2.60. The first kappa shape index (κ1) is 13.5. The van der Waals surface area contributed by atoms with E-state index in [0.29, 0.717) is 11.3 Å². The lowest BCUT2D eigenvalue weighted by Gasteiger charge is -2.15.